The molecule has 0 aliphatic rings. The van der Waals surface area contributed by atoms with E-state index in [-0.39, 0.29) is 5.91 Å². The van der Waals surface area contributed by atoms with Crippen LogP contribution in [0.15, 0.2) is 24.3 Å². The van der Waals surface area contributed by atoms with Crippen LogP contribution in [-0.2, 0) is 0 Å². The molecule has 0 radical (unpaired) electrons. The molecule has 0 saturated carbocycles. The first-order valence-corrected chi connectivity index (χ1v) is 6.42. The van der Waals surface area contributed by atoms with E-state index < -0.39 is 0 Å². The summed E-state index contributed by atoms with van der Waals surface area (Å²) in [4.78, 5) is 12.2. The zero-order valence-corrected chi connectivity index (χ0v) is 12.1. The lowest BCUT2D eigenvalue weighted by atomic mass is 10.1. The number of hydrogen-bond acceptors (Lipinski definition) is 4. The summed E-state index contributed by atoms with van der Waals surface area (Å²) in [5.74, 6) is 0.374. The minimum Gasteiger partial charge on any atom is -0.372 e. The molecule has 1 aromatic carbocycles. The molecular weight excluding hydrogens is 252 g/mol. The Kier molecular flexibility index (Phi) is 3.98. The van der Waals surface area contributed by atoms with Gasteiger partial charge in [0.05, 0.1) is 0 Å². The second-order valence-corrected chi connectivity index (χ2v) is 4.78. The van der Waals surface area contributed by atoms with E-state index in [0.717, 1.165) is 16.8 Å². The standard InChI is InChI=1S/C15H18N4O/c1-9-7-10(2)14(11(3)8-9)17-15(20)12-5-6-13(16-4)19-18-12/h5-8H,1-4H3,(H,16,19)(H,17,20). The number of carbonyl (C=O) groups excluding carboxylic acids is 1. The Labute approximate surface area is 118 Å². The first-order valence-electron chi connectivity index (χ1n) is 6.42. The van der Waals surface area contributed by atoms with Gasteiger partial charge in [-0.3, -0.25) is 4.79 Å². The van der Waals surface area contributed by atoms with E-state index in [2.05, 4.69) is 20.8 Å². The molecule has 1 amide bonds. The average molecular weight is 270 g/mol. The van der Waals surface area contributed by atoms with Gasteiger partial charge in [-0.15, -0.1) is 10.2 Å². The van der Waals surface area contributed by atoms with Gasteiger partial charge in [-0.25, -0.2) is 0 Å². The van der Waals surface area contributed by atoms with Gasteiger partial charge in [0.1, 0.15) is 5.82 Å². The molecule has 0 aliphatic heterocycles. The van der Waals surface area contributed by atoms with Crippen LogP contribution in [0.25, 0.3) is 0 Å². The summed E-state index contributed by atoms with van der Waals surface area (Å²) in [6.45, 7) is 5.99. The highest BCUT2D eigenvalue weighted by molar-refractivity contribution is 6.03. The molecule has 0 saturated heterocycles. The zero-order valence-electron chi connectivity index (χ0n) is 12.1. The van der Waals surface area contributed by atoms with Gasteiger partial charge in [0.25, 0.3) is 5.91 Å². The number of aryl methyl sites for hydroxylation is 3. The van der Waals surface area contributed by atoms with Gasteiger partial charge in [-0.1, -0.05) is 17.7 Å². The molecule has 104 valence electrons. The third kappa shape index (κ3) is 2.93. The number of amides is 1. The van der Waals surface area contributed by atoms with Crippen LogP contribution in [0, 0.1) is 20.8 Å². The predicted molar refractivity (Wildman–Crippen MR) is 80.2 cm³/mol. The molecule has 0 atom stereocenters. The van der Waals surface area contributed by atoms with Crippen molar-refractivity contribution < 1.29 is 4.79 Å². The molecule has 5 heteroatoms. The van der Waals surface area contributed by atoms with Gasteiger partial charge in [-0.2, -0.15) is 0 Å². The van der Waals surface area contributed by atoms with Gasteiger partial charge >= 0.3 is 0 Å². The van der Waals surface area contributed by atoms with Crippen molar-refractivity contribution in [3.05, 3.63) is 46.6 Å². The number of anilines is 2. The third-order valence-corrected chi connectivity index (χ3v) is 3.07. The lowest BCUT2D eigenvalue weighted by Gasteiger charge is -2.12. The molecule has 0 aliphatic carbocycles. The van der Waals surface area contributed by atoms with Crippen LogP contribution in [0.3, 0.4) is 0 Å². The van der Waals surface area contributed by atoms with Gasteiger partial charge < -0.3 is 10.6 Å². The fraction of sp³-hybridized carbons (Fsp3) is 0.267. The van der Waals surface area contributed by atoms with Crippen molar-refractivity contribution in [2.24, 2.45) is 0 Å². The molecule has 2 aromatic rings. The van der Waals surface area contributed by atoms with Gasteiger partial charge in [0.15, 0.2) is 5.69 Å². The van der Waals surface area contributed by atoms with Crippen LogP contribution in [-0.4, -0.2) is 23.2 Å². The first kappa shape index (κ1) is 14.0. The maximum atomic E-state index is 12.2. The summed E-state index contributed by atoms with van der Waals surface area (Å²) < 4.78 is 0. The predicted octanol–water partition coefficient (Wildman–Crippen LogP) is 2.70. The van der Waals surface area contributed by atoms with Crippen molar-refractivity contribution in [3.8, 4) is 0 Å². The van der Waals surface area contributed by atoms with E-state index in [4.69, 9.17) is 0 Å². The number of nitrogens with zero attached hydrogens (tertiary/aromatic N) is 2. The monoisotopic (exact) mass is 270 g/mol. The smallest absolute Gasteiger partial charge is 0.276 e. The Balaban J connectivity index is 2.23. The second-order valence-electron chi connectivity index (χ2n) is 4.78. The van der Waals surface area contributed by atoms with Crippen LogP contribution in [0.2, 0.25) is 0 Å². The second kappa shape index (κ2) is 5.69. The minimum absolute atomic E-state index is 0.254. The Morgan fingerprint density at radius 2 is 1.70 bits per heavy atom. The lowest BCUT2D eigenvalue weighted by molar-refractivity contribution is 0.102. The summed E-state index contributed by atoms with van der Waals surface area (Å²) in [7, 11) is 1.75. The number of rotatable bonds is 3. The largest absolute Gasteiger partial charge is 0.372 e. The molecule has 20 heavy (non-hydrogen) atoms. The molecule has 1 heterocycles. The number of aromatic nitrogens is 2. The van der Waals surface area contributed by atoms with Gasteiger partial charge in [-0.05, 0) is 44.0 Å². The molecule has 1 aromatic heterocycles. The minimum atomic E-state index is -0.254. The Hall–Kier alpha value is -2.43. The highest BCUT2D eigenvalue weighted by atomic mass is 16.1. The molecule has 0 unspecified atom stereocenters. The van der Waals surface area contributed by atoms with E-state index in [0.29, 0.717) is 11.5 Å². The van der Waals surface area contributed by atoms with E-state index in [9.17, 15) is 4.79 Å². The fourth-order valence-electron chi connectivity index (χ4n) is 2.14. The van der Waals surface area contributed by atoms with Crippen molar-refractivity contribution in [1.82, 2.24) is 10.2 Å². The molecule has 0 bridgehead atoms. The topological polar surface area (TPSA) is 66.9 Å². The maximum Gasteiger partial charge on any atom is 0.276 e. The van der Waals surface area contributed by atoms with E-state index >= 15 is 0 Å². The SMILES string of the molecule is CNc1ccc(C(=O)Nc2c(C)cc(C)cc2C)nn1. The van der Waals surface area contributed by atoms with Crippen molar-refractivity contribution in [2.75, 3.05) is 17.7 Å². The van der Waals surface area contributed by atoms with Crippen LogP contribution in [0.4, 0.5) is 11.5 Å². The van der Waals surface area contributed by atoms with Crippen molar-refractivity contribution in [1.29, 1.82) is 0 Å². The van der Waals surface area contributed by atoms with E-state index in [1.54, 1.807) is 19.2 Å². The Morgan fingerprint density at radius 1 is 1.05 bits per heavy atom. The van der Waals surface area contributed by atoms with Gasteiger partial charge in [0.2, 0.25) is 0 Å². The first-order chi connectivity index (χ1) is 9.51. The summed E-state index contributed by atoms with van der Waals surface area (Å²) in [6, 6.07) is 7.45. The highest BCUT2D eigenvalue weighted by Crippen LogP contribution is 2.22. The van der Waals surface area contributed by atoms with E-state index in [1.165, 1.54) is 5.56 Å². The maximum absolute atomic E-state index is 12.2. The summed E-state index contributed by atoms with van der Waals surface area (Å²) in [5, 5.41) is 13.6. The van der Waals surface area contributed by atoms with Gasteiger partial charge in [0, 0.05) is 12.7 Å². The highest BCUT2D eigenvalue weighted by Gasteiger charge is 2.12. The molecule has 0 spiro atoms. The number of nitrogens with one attached hydrogen (secondary N) is 2. The third-order valence-electron chi connectivity index (χ3n) is 3.07. The van der Waals surface area contributed by atoms with Crippen LogP contribution in [0.5, 0.6) is 0 Å². The number of benzene rings is 1. The molecule has 0 fully saturated rings. The molecular formula is C15H18N4O. The van der Waals surface area contributed by atoms with Crippen LogP contribution >= 0.6 is 0 Å². The number of carbonyl (C=O) groups is 1. The fourth-order valence-corrected chi connectivity index (χ4v) is 2.14. The summed E-state index contributed by atoms with van der Waals surface area (Å²) >= 11 is 0. The van der Waals surface area contributed by atoms with Crippen molar-refractivity contribution >= 4 is 17.4 Å². The average Bonchev–Trinajstić information content (AvgIpc) is 2.42. The number of hydrogen-bond donors (Lipinski definition) is 2. The molecule has 2 N–H and O–H groups in total. The normalized spacial score (nSPS) is 10.2. The molecule has 5 nitrogen and oxygen atoms in total. The lowest BCUT2D eigenvalue weighted by Crippen LogP contribution is -2.16. The Bertz CT molecular complexity index is 612. The van der Waals surface area contributed by atoms with E-state index in [1.807, 2.05) is 32.9 Å². The summed E-state index contributed by atoms with van der Waals surface area (Å²) in [6.07, 6.45) is 0. The van der Waals surface area contributed by atoms with Crippen LogP contribution in [0.1, 0.15) is 27.2 Å². The molecule has 2 rings (SSSR count). The summed E-state index contributed by atoms with van der Waals surface area (Å²) in [5.41, 5.74) is 4.38. The Morgan fingerprint density at radius 3 is 2.20 bits per heavy atom. The zero-order chi connectivity index (χ0) is 14.7. The van der Waals surface area contributed by atoms with Crippen molar-refractivity contribution in [2.45, 2.75) is 20.8 Å². The van der Waals surface area contributed by atoms with Crippen molar-refractivity contribution in [3.63, 3.8) is 0 Å². The van der Waals surface area contributed by atoms with Crippen LogP contribution < -0.4 is 10.6 Å². The quantitative estimate of drug-likeness (QED) is 0.900.